The Morgan fingerprint density at radius 2 is 1.80 bits per heavy atom. The molecule has 0 fully saturated rings. The van der Waals surface area contributed by atoms with Gasteiger partial charge in [-0.25, -0.2) is 9.37 Å². The third-order valence-electron chi connectivity index (χ3n) is 4.45. The molecule has 2 aromatic carbocycles. The van der Waals surface area contributed by atoms with Gasteiger partial charge in [0.1, 0.15) is 11.5 Å². The number of fused-ring (bicyclic) bond motifs is 1. The van der Waals surface area contributed by atoms with Crippen molar-refractivity contribution < 1.29 is 9.50 Å². The molecular weight excluding hydrogens is 315 g/mol. The molecule has 4 aromatic rings. The number of rotatable bonds is 3. The number of hydrogen-bond donors (Lipinski definition) is 1. The fourth-order valence-electron chi connectivity index (χ4n) is 3.17. The fourth-order valence-corrected chi connectivity index (χ4v) is 3.17. The van der Waals surface area contributed by atoms with Gasteiger partial charge in [0.25, 0.3) is 0 Å². The second-order valence-electron chi connectivity index (χ2n) is 6.08. The fraction of sp³-hybridized carbons (Fsp3) is 0.0952. The van der Waals surface area contributed by atoms with Crippen LogP contribution in [0.1, 0.15) is 5.56 Å². The number of aliphatic hydroxyl groups is 1. The number of aliphatic hydroxyl groups excluding tert-OH is 1. The summed E-state index contributed by atoms with van der Waals surface area (Å²) in [5.41, 5.74) is 4.58. The number of benzene rings is 2. The Morgan fingerprint density at radius 3 is 2.52 bits per heavy atom. The molecule has 3 nitrogen and oxygen atoms in total. The molecular formula is C21H17FN2O. The van der Waals surface area contributed by atoms with E-state index in [4.69, 9.17) is 0 Å². The summed E-state index contributed by atoms with van der Waals surface area (Å²) < 4.78 is 16.6. The molecule has 0 aliphatic rings. The van der Waals surface area contributed by atoms with Crippen molar-refractivity contribution in [2.24, 2.45) is 7.05 Å². The van der Waals surface area contributed by atoms with E-state index in [1.54, 1.807) is 18.3 Å². The van der Waals surface area contributed by atoms with Gasteiger partial charge in [-0.2, -0.15) is 0 Å². The van der Waals surface area contributed by atoms with Gasteiger partial charge < -0.3 is 9.67 Å². The van der Waals surface area contributed by atoms with Crippen molar-refractivity contribution in [2.45, 2.75) is 6.61 Å². The second kappa shape index (κ2) is 6.15. The lowest BCUT2D eigenvalue weighted by Gasteiger charge is -2.07. The molecule has 0 saturated carbocycles. The zero-order valence-corrected chi connectivity index (χ0v) is 13.8. The molecule has 0 unspecified atom stereocenters. The number of aryl methyl sites for hydroxylation is 1. The predicted molar refractivity (Wildman–Crippen MR) is 97.5 cm³/mol. The molecule has 2 heterocycles. The second-order valence-corrected chi connectivity index (χ2v) is 6.08. The van der Waals surface area contributed by atoms with Gasteiger partial charge in [0.05, 0.1) is 6.61 Å². The predicted octanol–water partition coefficient (Wildman–Crippen LogP) is 4.54. The lowest BCUT2D eigenvalue weighted by Crippen LogP contribution is -1.90. The van der Waals surface area contributed by atoms with E-state index in [-0.39, 0.29) is 12.4 Å². The summed E-state index contributed by atoms with van der Waals surface area (Å²) in [6.07, 6.45) is 3.51. The topological polar surface area (TPSA) is 38.0 Å². The third-order valence-corrected chi connectivity index (χ3v) is 4.45. The average molecular weight is 332 g/mol. The molecule has 0 aliphatic carbocycles. The molecule has 0 amide bonds. The molecule has 25 heavy (non-hydrogen) atoms. The highest BCUT2D eigenvalue weighted by molar-refractivity contribution is 5.85. The van der Waals surface area contributed by atoms with E-state index in [1.165, 1.54) is 0 Å². The molecule has 2 aromatic heterocycles. The Labute approximate surface area is 145 Å². The van der Waals surface area contributed by atoms with Crippen LogP contribution in [0.15, 0.2) is 67.0 Å². The molecule has 0 bridgehead atoms. The Morgan fingerprint density at radius 1 is 1.00 bits per heavy atom. The van der Waals surface area contributed by atoms with Crippen molar-refractivity contribution >= 4 is 11.0 Å². The molecule has 0 spiro atoms. The Balaban J connectivity index is 1.81. The van der Waals surface area contributed by atoms with Crippen molar-refractivity contribution in [1.29, 1.82) is 0 Å². The van der Waals surface area contributed by atoms with Crippen LogP contribution in [0.3, 0.4) is 0 Å². The summed E-state index contributed by atoms with van der Waals surface area (Å²) in [6, 6.07) is 16.8. The van der Waals surface area contributed by atoms with Crippen LogP contribution in [-0.2, 0) is 13.7 Å². The van der Waals surface area contributed by atoms with E-state index < -0.39 is 0 Å². The Hall–Kier alpha value is -2.98. The zero-order valence-electron chi connectivity index (χ0n) is 13.8. The molecule has 0 atom stereocenters. The number of aromatic nitrogens is 2. The van der Waals surface area contributed by atoms with Gasteiger partial charge in [0.2, 0.25) is 0 Å². The van der Waals surface area contributed by atoms with E-state index in [9.17, 15) is 9.50 Å². The van der Waals surface area contributed by atoms with E-state index >= 15 is 0 Å². The van der Waals surface area contributed by atoms with Gasteiger partial charge in [-0.15, -0.1) is 0 Å². The first-order valence-electron chi connectivity index (χ1n) is 8.07. The van der Waals surface area contributed by atoms with Crippen molar-refractivity contribution in [2.75, 3.05) is 0 Å². The zero-order chi connectivity index (χ0) is 17.4. The first kappa shape index (κ1) is 15.5. The molecule has 0 aliphatic heterocycles. The SMILES string of the molecule is Cn1cc(CO)c2cc(-c3ccc(-c4ccccc4)cc3F)cnc21. The van der Waals surface area contributed by atoms with Gasteiger partial charge >= 0.3 is 0 Å². The molecule has 4 rings (SSSR count). The quantitative estimate of drug-likeness (QED) is 0.598. The number of halogens is 1. The van der Waals surface area contributed by atoms with Crippen molar-refractivity contribution in [3.05, 3.63) is 78.4 Å². The monoisotopic (exact) mass is 332 g/mol. The summed E-state index contributed by atoms with van der Waals surface area (Å²) in [4.78, 5) is 4.43. The van der Waals surface area contributed by atoms with E-state index in [0.717, 1.165) is 27.7 Å². The molecule has 4 heteroatoms. The van der Waals surface area contributed by atoms with Gasteiger partial charge in [0, 0.05) is 41.5 Å². The van der Waals surface area contributed by atoms with Crippen molar-refractivity contribution in [1.82, 2.24) is 9.55 Å². The number of hydrogen-bond acceptors (Lipinski definition) is 2. The minimum Gasteiger partial charge on any atom is -0.392 e. The maximum absolute atomic E-state index is 14.7. The van der Waals surface area contributed by atoms with Gasteiger partial charge in [0.15, 0.2) is 0 Å². The van der Waals surface area contributed by atoms with Crippen LogP contribution >= 0.6 is 0 Å². The van der Waals surface area contributed by atoms with Crippen molar-refractivity contribution in [3.63, 3.8) is 0 Å². The molecule has 0 saturated heterocycles. The number of pyridine rings is 1. The van der Waals surface area contributed by atoms with Crippen LogP contribution < -0.4 is 0 Å². The maximum atomic E-state index is 14.7. The van der Waals surface area contributed by atoms with Crippen LogP contribution in [0, 0.1) is 5.82 Å². The molecule has 1 N–H and O–H groups in total. The first-order valence-corrected chi connectivity index (χ1v) is 8.07. The smallest absolute Gasteiger partial charge is 0.139 e. The Kier molecular flexibility index (Phi) is 3.82. The maximum Gasteiger partial charge on any atom is 0.139 e. The Bertz CT molecular complexity index is 1050. The summed E-state index contributed by atoms with van der Waals surface area (Å²) in [6.45, 7) is -0.0715. The highest BCUT2D eigenvalue weighted by Crippen LogP contribution is 2.30. The first-order chi connectivity index (χ1) is 12.2. The van der Waals surface area contributed by atoms with E-state index in [0.29, 0.717) is 11.1 Å². The van der Waals surface area contributed by atoms with Gasteiger partial charge in [-0.3, -0.25) is 0 Å². The minimum atomic E-state index is -0.288. The highest BCUT2D eigenvalue weighted by atomic mass is 19.1. The highest BCUT2D eigenvalue weighted by Gasteiger charge is 2.12. The molecule has 124 valence electrons. The third kappa shape index (κ3) is 2.71. The van der Waals surface area contributed by atoms with Crippen LogP contribution in [-0.4, -0.2) is 14.7 Å². The van der Waals surface area contributed by atoms with Crippen LogP contribution in [0.5, 0.6) is 0 Å². The standard InChI is InChI=1S/C21H17FN2O/c1-24-12-17(13-25)19-9-16(11-23-21(19)24)18-8-7-15(10-20(18)22)14-5-3-2-4-6-14/h2-12,25H,13H2,1H3. The van der Waals surface area contributed by atoms with E-state index in [2.05, 4.69) is 4.98 Å². The minimum absolute atomic E-state index is 0.0715. The lowest BCUT2D eigenvalue weighted by atomic mass is 10.00. The average Bonchev–Trinajstić information content (AvgIpc) is 2.98. The largest absolute Gasteiger partial charge is 0.392 e. The van der Waals surface area contributed by atoms with E-state index in [1.807, 2.05) is 60.3 Å². The summed E-state index contributed by atoms with van der Waals surface area (Å²) in [7, 11) is 1.88. The molecule has 0 radical (unpaired) electrons. The lowest BCUT2D eigenvalue weighted by molar-refractivity contribution is 0.283. The number of nitrogens with zero attached hydrogens (tertiary/aromatic N) is 2. The van der Waals surface area contributed by atoms with Gasteiger partial charge in [-0.1, -0.05) is 42.5 Å². The van der Waals surface area contributed by atoms with Crippen LogP contribution in [0.25, 0.3) is 33.3 Å². The van der Waals surface area contributed by atoms with Crippen LogP contribution in [0.4, 0.5) is 4.39 Å². The normalized spacial score (nSPS) is 11.2. The van der Waals surface area contributed by atoms with Crippen LogP contribution in [0.2, 0.25) is 0 Å². The summed E-state index contributed by atoms with van der Waals surface area (Å²) in [5.74, 6) is -0.288. The van der Waals surface area contributed by atoms with Crippen molar-refractivity contribution in [3.8, 4) is 22.3 Å². The van der Waals surface area contributed by atoms with Gasteiger partial charge in [-0.05, 0) is 23.3 Å². The summed E-state index contributed by atoms with van der Waals surface area (Å²) >= 11 is 0. The summed E-state index contributed by atoms with van der Waals surface area (Å²) in [5, 5.41) is 10.4.